The van der Waals surface area contributed by atoms with Crippen molar-refractivity contribution in [2.45, 2.75) is 272 Å². The van der Waals surface area contributed by atoms with E-state index in [-0.39, 0.29) is 31.1 Å². The molecule has 0 fully saturated rings. The number of hydrogen-bond donors (Lipinski definition) is 0. The molecular weight excluding hydrogens is 685 g/mol. The van der Waals surface area contributed by atoms with Crippen LogP contribution in [0.5, 0.6) is 0 Å². The maximum atomic E-state index is 12.7. The van der Waals surface area contributed by atoms with Crippen molar-refractivity contribution in [3.05, 3.63) is 0 Å². The highest BCUT2D eigenvalue weighted by atomic mass is 16.6. The standard InChI is InChI=1S/C49H94O6/c1-6-8-9-10-11-12-20-23-29-34-39-47(50)53-42-46(55-49(52)41-36-31-26-25-27-32-37-44(3)4)43-54-48(51)40-35-30-24-21-18-16-14-13-15-17-19-22-28-33-38-45(5)7-2/h44-46H,6-43H2,1-5H3/t45?,46-/m1/s1. The summed E-state index contributed by atoms with van der Waals surface area (Å²) in [6, 6.07) is 0. The molecule has 6 nitrogen and oxygen atoms in total. The molecule has 326 valence electrons. The molecular formula is C49H94O6. The molecule has 0 saturated carbocycles. The highest BCUT2D eigenvalue weighted by molar-refractivity contribution is 5.71. The highest BCUT2D eigenvalue weighted by Crippen LogP contribution is 2.17. The van der Waals surface area contributed by atoms with E-state index in [0.717, 1.165) is 69.6 Å². The molecule has 0 saturated heterocycles. The van der Waals surface area contributed by atoms with Crippen molar-refractivity contribution < 1.29 is 28.6 Å². The number of rotatable bonds is 43. The topological polar surface area (TPSA) is 78.9 Å². The lowest BCUT2D eigenvalue weighted by Gasteiger charge is -2.18. The van der Waals surface area contributed by atoms with Crippen LogP contribution in [0.4, 0.5) is 0 Å². The molecule has 0 heterocycles. The summed E-state index contributed by atoms with van der Waals surface area (Å²) in [7, 11) is 0. The zero-order chi connectivity index (χ0) is 40.5. The molecule has 1 unspecified atom stereocenters. The lowest BCUT2D eigenvalue weighted by atomic mass is 9.99. The Bertz CT molecular complexity index is 841. The number of esters is 3. The van der Waals surface area contributed by atoms with Gasteiger partial charge in [0.05, 0.1) is 0 Å². The monoisotopic (exact) mass is 779 g/mol. The van der Waals surface area contributed by atoms with Crippen molar-refractivity contribution in [1.82, 2.24) is 0 Å². The van der Waals surface area contributed by atoms with Crippen molar-refractivity contribution in [3.63, 3.8) is 0 Å². The third-order valence-electron chi connectivity index (χ3n) is 11.3. The Labute approximate surface area is 342 Å². The van der Waals surface area contributed by atoms with E-state index in [4.69, 9.17) is 14.2 Å². The van der Waals surface area contributed by atoms with Gasteiger partial charge in [0.25, 0.3) is 0 Å². The fraction of sp³-hybridized carbons (Fsp3) is 0.939. The van der Waals surface area contributed by atoms with E-state index in [9.17, 15) is 14.4 Å². The largest absolute Gasteiger partial charge is 0.462 e. The van der Waals surface area contributed by atoms with E-state index in [1.165, 1.54) is 154 Å². The maximum Gasteiger partial charge on any atom is 0.306 e. The molecule has 0 spiro atoms. The summed E-state index contributed by atoms with van der Waals surface area (Å²) in [6.45, 7) is 11.3. The average molecular weight is 779 g/mol. The second-order valence-electron chi connectivity index (χ2n) is 17.5. The van der Waals surface area contributed by atoms with E-state index in [0.29, 0.717) is 19.3 Å². The first-order valence-electron chi connectivity index (χ1n) is 24.3. The van der Waals surface area contributed by atoms with Crippen molar-refractivity contribution >= 4 is 17.9 Å². The van der Waals surface area contributed by atoms with Crippen molar-refractivity contribution in [2.75, 3.05) is 13.2 Å². The van der Waals surface area contributed by atoms with Gasteiger partial charge in [-0.1, -0.05) is 227 Å². The summed E-state index contributed by atoms with van der Waals surface area (Å²) in [5, 5.41) is 0. The van der Waals surface area contributed by atoms with Crippen LogP contribution in [-0.2, 0) is 28.6 Å². The van der Waals surface area contributed by atoms with Gasteiger partial charge in [-0.3, -0.25) is 14.4 Å². The Morgan fingerprint density at radius 3 is 1.04 bits per heavy atom. The number of carbonyl (C=O) groups is 3. The number of unbranched alkanes of at least 4 members (excludes halogenated alkanes) is 27. The number of carbonyl (C=O) groups excluding carboxylic acids is 3. The molecule has 0 aliphatic rings. The summed E-state index contributed by atoms with van der Waals surface area (Å²) < 4.78 is 16.7. The molecule has 0 N–H and O–H groups in total. The first-order chi connectivity index (χ1) is 26.8. The van der Waals surface area contributed by atoms with Crippen LogP contribution in [0.25, 0.3) is 0 Å². The SMILES string of the molecule is CCCCCCCCCCCCC(=O)OC[C@H](COC(=O)CCCCCCCCCCCCCCCCC(C)CC)OC(=O)CCCCCCCCC(C)C. The molecule has 0 amide bonds. The molecule has 0 aromatic carbocycles. The average Bonchev–Trinajstić information content (AvgIpc) is 3.17. The smallest absolute Gasteiger partial charge is 0.306 e. The molecule has 0 radical (unpaired) electrons. The van der Waals surface area contributed by atoms with Crippen LogP contribution in [0.3, 0.4) is 0 Å². The lowest BCUT2D eigenvalue weighted by molar-refractivity contribution is -0.167. The van der Waals surface area contributed by atoms with Gasteiger partial charge in [0, 0.05) is 19.3 Å². The molecule has 0 aliphatic heterocycles. The molecule has 6 heteroatoms. The third-order valence-corrected chi connectivity index (χ3v) is 11.3. The van der Waals surface area contributed by atoms with Gasteiger partial charge in [-0.2, -0.15) is 0 Å². The quantitative estimate of drug-likeness (QED) is 0.0348. The van der Waals surface area contributed by atoms with E-state index < -0.39 is 6.10 Å². The summed E-state index contributed by atoms with van der Waals surface area (Å²) >= 11 is 0. The molecule has 0 aliphatic carbocycles. The van der Waals surface area contributed by atoms with E-state index in [2.05, 4.69) is 34.6 Å². The maximum absolute atomic E-state index is 12.7. The van der Waals surface area contributed by atoms with Crippen LogP contribution in [0.2, 0.25) is 0 Å². The molecule has 0 aromatic rings. The van der Waals surface area contributed by atoms with Gasteiger partial charge in [-0.25, -0.2) is 0 Å². The molecule has 0 rings (SSSR count). The molecule has 55 heavy (non-hydrogen) atoms. The second kappa shape index (κ2) is 42.0. The number of ether oxygens (including phenoxy) is 3. The molecule has 2 atom stereocenters. The molecule has 0 bridgehead atoms. The minimum atomic E-state index is -0.761. The minimum absolute atomic E-state index is 0.0653. The van der Waals surface area contributed by atoms with Crippen LogP contribution < -0.4 is 0 Å². The molecule has 0 aromatic heterocycles. The Morgan fingerprint density at radius 2 is 0.691 bits per heavy atom. The Kier molecular flexibility index (Phi) is 40.8. The van der Waals surface area contributed by atoms with Crippen molar-refractivity contribution in [2.24, 2.45) is 11.8 Å². The Morgan fingerprint density at radius 1 is 0.382 bits per heavy atom. The van der Waals surface area contributed by atoms with Gasteiger partial charge in [0.2, 0.25) is 0 Å². The van der Waals surface area contributed by atoms with Crippen LogP contribution in [0, 0.1) is 11.8 Å². The van der Waals surface area contributed by atoms with Gasteiger partial charge >= 0.3 is 17.9 Å². The normalized spacial score (nSPS) is 12.5. The van der Waals surface area contributed by atoms with Gasteiger partial charge < -0.3 is 14.2 Å². The highest BCUT2D eigenvalue weighted by Gasteiger charge is 2.19. The van der Waals surface area contributed by atoms with Gasteiger partial charge in [0.1, 0.15) is 13.2 Å². The fourth-order valence-corrected chi connectivity index (χ4v) is 7.25. The fourth-order valence-electron chi connectivity index (χ4n) is 7.25. The van der Waals surface area contributed by atoms with E-state index in [1.54, 1.807) is 0 Å². The Hall–Kier alpha value is -1.59. The lowest BCUT2D eigenvalue weighted by Crippen LogP contribution is -2.30. The van der Waals surface area contributed by atoms with Gasteiger partial charge in [-0.05, 0) is 31.1 Å². The first kappa shape index (κ1) is 53.4. The second-order valence-corrected chi connectivity index (χ2v) is 17.5. The summed E-state index contributed by atoms with van der Waals surface area (Å²) in [4.78, 5) is 37.7. The minimum Gasteiger partial charge on any atom is -0.462 e. The number of hydrogen-bond acceptors (Lipinski definition) is 6. The van der Waals surface area contributed by atoms with E-state index >= 15 is 0 Å². The zero-order valence-electron chi connectivity index (χ0n) is 37.6. The first-order valence-corrected chi connectivity index (χ1v) is 24.3. The van der Waals surface area contributed by atoms with E-state index in [1.807, 2.05) is 0 Å². The van der Waals surface area contributed by atoms with Crippen LogP contribution in [-0.4, -0.2) is 37.2 Å². The van der Waals surface area contributed by atoms with Crippen LogP contribution in [0.1, 0.15) is 266 Å². The van der Waals surface area contributed by atoms with Crippen LogP contribution >= 0.6 is 0 Å². The summed E-state index contributed by atoms with van der Waals surface area (Å²) in [6.07, 6.45) is 41.0. The Balaban J connectivity index is 4.22. The summed E-state index contributed by atoms with van der Waals surface area (Å²) in [5.74, 6) is 0.795. The zero-order valence-corrected chi connectivity index (χ0v) is 37.6. The summed E-state index contributed by atoms with van der Waals surface area (Å²) in [5.41, 5.74) is 0. The van der Waals surface area contributed by atoms with Crippen molar-refractivity contribution in [3.8, 4) is 0 Å². The van der Waals surface area contributed by atoms with Gasteiger partial charge in [-0.15, -0.1) is 0 Å². The van der Waals surface area contributed by atoms with Gasteiger partial charge in [0.15, 0.2) is 6.10 Å². The third kappa shape index (κ3) is 41.9. The van der Waals surface area contributed by atoms with Crippen LogP contribution in [0.15, 0.2) is 0 Å². The predicted octanol–water partition coefficient (Wildman–Crippen LogP) is 15.4. The predicted molar refractivity (Wildman–Crippen MR) is 233 cm³/mol. The van der Waals surface area contributed by atoms with Crippen molar-refractivity contribution in [1.29, 1.82) is 0 Å².